The first-order valence-electron chi connectivity index (χ1n) is 10.8. The number of halogens is 3. The normalized spacial score (nSPS) is 13.0. The van der Waals surface area contributed by atoms with Crippen LogP contribution in [0.1, 0.15) is 33.5 Å². The molecule has 5 rings (SSSR count). The summed E-state index contributed by atoms with van der Waals surface area (Å²) in [5.74, 6) is 0. The number of aryl methyl sites for hydroxylation is 1. The maximum absolute atomic E-state index is 13.3. The van der Waals surface area contributed by atoms with E-state index in [0.717, 1.165) is 39.7 Å². The van der Waals surface area contributed by atoms with Crippen molar-refractivity contribution >= 4 is 5.71 Å². The summed E-state index contributed by atoms with van der Waals surface area (Å²) in [5.41, 5.74) is 5.38. The van der Waals surface area contributed by atoms with Gasteiger partial charge in [-0.05, 0) is 59.5 Å². The van der Waals surface area contributed by atoms with Crippen LogP contribution in [0, 0.1) is 6.92 Å². The highest BCUT2D eigenvalue weighted by Crippen LogP contribution is 2.32. The van der Waals surface area contributed by atoms with Crippen LogP contribution in [0.5, 0.6) is 0 Å². The van der Waals surface area contributed by atoms with Crippen molar-refractivity contribution < 1.29 is 13.2 Å². The average Bonchev–Trinajstić information content (AvgIpc) is 3.23. The van der Waals surface area contributed by atoms with E-state index in [9.17, 15) is 18.0 Å². The lowest BCUT2D eigenvalue weighted by molar-refractivity contribution is -0.138. The number of nitrogens with zero attached hydrogens (tertiary/aromatic N) is 3. The van der Waals surface area contributed by atoms with Gasteiger partial charge in [-0.25, -0.2) is 0 Å². The summed E-state index contributed by atoms with van der Waals surface area (Å²) in [6, 6.07) is 18.4. The first-order valence-corrected chi connectivity index (χ1v) is 10.8. The van der Waals surface area contributed by atoms with Gasteiger partial charge in [0, 0.05) is 35.3 Å². The molecule has 1 aliphatic heterocycles. The molecule has 34 heavy (non-hydrogen) atoms. The summed E-state index contributed by atoms with van der Waals surface area (Å²) in [5, 5.41) is 0. The number of fused-ring (bicyclic) bond motifs is 1. The van der Waals surface area contributed by atoms with Crippen LogP contribution in [-0.4, -0.2) is 15.3 Å². The van der Waals surface area contributed by atoms with Crippen molar-refractivity contribution in [2.45, 2.75) is 26.2 Å². The van der Waals surface area contributed by atoms with Gasteiger partial charge < -0.3 is 4.57 Å². The quantitative estimate of drug-likeness (QED) is 0.397. The Morgan fingerprint density at radius 3 is 2.50 bits per heavy atom. The van der Waals surface area contributed by atoms with Crippen LogP contribution in [0.15, 0.2) is 88.9 Å². The van der Waals surface area contributed by atoms with E-state index in [1.165, 1.54) is 28.8 Å². The van der Waals surface area contributed by atoms with Crippen LogP contribution in [0.4, 0.5) is 13.2 Å². The highest BCUT2D eigenvalue weighted by molar-refractivity contribution is 6.15. The minimum Gasteiger partial charge on any atom is -0.311 e. The van der Waals surface area contributed by atoms with E-state index in [2.05, 4.69) is 9.98 Å². The Balaban J connectivity index is 1.46. The van der Waals surface area contributed by atoms with Crippen LogP contribution in [-0.2, 0) is 19.3 Å². The van der Waals surface area contributed by atoms with E-state index in [-0.39, 0.29) is 17.7 Å². The molecule has 2 aromatic carbocycles. The van der Waals surface area contributed by atoms with Gasteiger partial charge in [0.15, 0.2) is 0 Å². The summed E-state index contributed by atoms with van der Waals surface area (Å²) < 4.78 is 41.3. The van der Waals surface area contributed by atoms with E-state index < -0.39 is 11.7 Å². The number of aliphatic imine (C=N–C) groups is 1. The molecule has 0 radical (unpaired) electrons. The lowest BCUT2D eigenvalue weighted by Crippen LogP contribution is -2.21. The number of rotatable bonds is 4. The van der Waals surface area contributed by atoms with Crippen LogP contribution in [0.25, 0.3) is 11.1 Å². The van der Waals surface area contributed by atoms with E-state index >= 15 is 0 Å². The zero-order valence-corrected chi connectivity index (χ0v) is 18.3. The topological polar surface area (TPSA) is 47.2 Å². The fourth-order valence-corrected chi connectivity index (χ4v) is 4.24. The number of aromatic nitrogens is 2. The smallest absolute Gasteiger partial charge is 0.311 e. The molecule has 0 amide bonds. The van der Waals surface area contributed by atoms with Gasteiger partial charge in [-0.1, -0.05) is 30.3 Å². The molecular formula is C27H20F3N3O. The molecular weight excluding hydrogens is 439 g/mol. The van der Waals surface area contributed by atoms with E-state index in [0.29, 0.717) is 12.1 Å². The molecule has 4 aromatic rings. The Labute approximate surface area is 194 Å². The van der Waals surface area contributed by atoms with Crippen molar-refractivity contribution in [2.24, 2.45) is 4.99 Å². The van der Waals surface area contributed by atoms with Crippen molar-refractivity contribution in [3.05, 3.63) is 123 Å². The summed E-state index contributed by atoms with van der Waals surface area (Å²) in [6.07, 6.45) is -1.18. The zero-order chi connectivity index (χ0) is 23.9. The van der Waals surface area contributed by atoms with Gasteiger partial charge in [-0.3, -0.25) is 14.8 Å². The Bertz CT molecular complexity index is 1490. The molecule has 1 aliphatic rings. The predicted molar refractivity (Wildman–Crippen MR) is 125 cm³/mol. The summed E-state index contributed by atoms with van der Waals surface area (Å²) >= 11 is 0. The third kappa shape index (κ3) is 4.17. The molecule has 0 fully saturated rings. The first kappa shape index (κ1) is 21.8. The Morgan fingerprint density at radius 2 is 1.74 bits per heavy atom. The molecule has 0 bridgehead atoms. The SMILES string of the molecule is Cc1cc(C2=NCc3ccc(-c4ccn(Cc5ccccc5C(F)(F)F)c(=O)c4)cc32)ccn1. The average molecular weight is 459 g/mol. The molecule has 2 aromatic heterocycles. The Morgan fingerprint density at radius 1 is 0.941 bits per heavy atom. The number of pyridine rings is 2. The standard InChI is InChI=1S/C27H20F3N3O/c1-17-12-20(8-10-31-17)26-23-13-18(6-7-21(23)15-32-26)19-9-11-33(25(34)14-19)16-22-4-2-3-5-24(22)27(28,29)30/h2-14H,15-16H2,1H3. The van der Waals surface area contributed by atoms with Gasteiger partial charge in [-0.15, -0.1) is 0 Å². The fourth-order valence-electron chi connectivity index (χ4n) is 4.24. The zero-order valence-electron chi connectivity index (χ0n) is 18.3. The molecule has 4 nitrogen and oxygen atoms in total. The molecule has 0 saturated heterocycles. The fraction of sp³-hybridized carbons (Fsp3) is 0.148. The largest absolute Gasteiger partial charge is 0.416 e. The van der Waals surface area contributed by atoms with Gasteiger partial charge in [0.25, 0.3) is 5.56 Å². The van der Waals surface area contributed by atoms with Crippen molar-refractivity contribution in [2.75, 3.05) is 0 Å². The lowest BCUT2D eigenvalue weighted by Gasteiger charge is -2.14. The van der Waals surface area contributed by atoms with E-state index in [1.807, 2.05) is 37.3 Å². The Hall–Kier alpha value is -4.00. The molecule has 0 aliphatic carbocycles. The summed E-state index contributed by atoms with van der Waals surface area (Å²) in [6.45, 7) is 2.36. The van der Waals surface area contributed by atoms with Gasteiger partial charge in [-0.2, -0.15) is 13.2 Å². The molecule has 0 N–H and O–H groups in total. The van der Waals surface area contributed by atoms with Crippen molar-refractivity contribution in [3.8, 4) is 11.1 Å². The summed E-state index contributed by atoms with van der Waals surface area (Å²) in [4.78, 5) is 21.7. The van der Waals surface area contributed by atoms with E-state index in [1.54, 1.807) is 18.5 Å². The number of alkyl halides is 3. The maximum atomic E-state index is 13.3. The molecule has 0 saturated carbocycles. The van der Waals surface area contributed by atoms with Gasteiger partial charge >= 0.3 is 6.18 Å². The third-order valence-corrected chi connectivity index (χ3v) is 5.94. The van der Waals surface area contributed by atoms with Crippen molar-refractivity contribution in [3.63, 3.8) is 0 Å². The second-order valence-electron chi connectivity index (χ2n) is 8.26. The van der Waals surface area contributed by atoms with Crippen LogP contribution < -0.4 is 5.56 Å². The molecule has 3 heterocycles. The lowest BCUT2D eigenvalue weighted by atomic mass is 9.96. The van der Waals surface area contributed by atoms with E-state index in [4.69, 9.17) is 0 Å². The summed E-state index contributed by atoms with van der Waals surface area (Å²) in [7, 11) is 0. The number of hydrogen-bond acceptors (Lipinski definition) is 3. The van der Waals surface area contributed by atoms with Crippen LogP contribution in [0.2, 0.25) is 0 Å². The number of hydrogen-bond donors (Lipinski definition) is 0. The van der Waals surface area contributed by atoms with Crippen LogP contribution >= 0.6 is 0 Å². The minimum atomic E-state index is -4.48. The van der Waals surface area contributed by atoms with Gasteiger partial charge in [0.2, 0.25) is 0 Å². The van der Waals surface area contributed by atoms with Crippen molar-refractivity contribution in [1.82, 2.24) is 9.55 Å². The molecule has 0 atom stereocenters. The number of benzene rings is 2. The van der Waals surface area contributed by atoms with Gasteiger partial charge in [0.1, 0.15) is 0 Å². The highest BCUT2D eigenvalue weighted by atomic mass is 19.4. The van der Waals surface area contributed by atoms with Crippen LogP contribution in [0.3, 0.4) is 0 Å². The molecule has 7 heteroatoms. The third-order valence-electron chi connectivity index (χ3n) is 5.94. The van der Waals surface area contributed by atoms with Crippen molar-refractivity contribution in [1.29, 1.82) is 0 Å². The molecule has 0 spiro atoms. The predicted octanol–water partition coefficient (Wildman–Crippen LogP) is 5.64. The second-order valence-corrected chi connectivity index (χ2v) is 8.26. The highest BCUT2D eigenvalue weighted by Gasteiger charge is 2.32. The maximum Gasteiger partial charge on any atom is 0.416 e. The monoisotopic (exact) mass is 459 g/mol. The minimum absolute atomic E-state index is 0.0517. The molecule has 0 unspecified atom stereocenters. The van der Waals surface area contributed by atoms with Gasteiger partial charge in [0.05, 0.1) is 24.4 Å². The second kappa shape index (κ2) is 8.41. The Kier molecular flexibility index (Phi) is 5.40. The first-order chi connectivity index (χ1) is 16.3. The molecule has 170 valence electrons.